The van der Waals surface area contributed by atoms with Gasteiger partial charge in [0, 0.05) is 23.7 Å². The third-order valence-corrected chi connectivity index (χ3v) is 8.16. The first kappa shape index (κ1) is 28.4. The quantitative estimate of drug-likeness (QED) is 0.440. The molecule has 2 aromatic heterocycles. The molecule has 3 heterocycles. The number of alkyl halides is 4. The average molecular weight is 576 g/mol. The van der Waals surface area contributed by atoms with E-state index >= 15 is 0 Å². The van der Waals surface area contributed by atoms with Gasteiger partial charge in [-0.15, -0.1) is 0 Å². The first-order chi connectivity index (χ1) is 18.2. The van der Waals surface area contributed by atoms with Gasteiger partial charge in [0.25, 0.3) is 0 Å². The van der Waals surface area contributed by atoms with E-state index in [1.54, 1.807) is 0 Å². The van der Waals surface area contributed by atoms with Crippen LogP contribution >= 0.6 is 0 Å². The van der Waals surface area contributed by atoms with Crippen molar-refractivity contribution in [2.75, 3.05) is 0 Å². The third-order valence-electron chi connectivity index (χ3n) is 6.15. The van der Waals surface area contributed by atoms with E-state index in [4.69, 9.17) is 0 Å². The van der Waals surface area contributed by atoms with Gasteiger partial charge in [0.1, 0.15) is 23.8 Å². The number of hydrogen-bond acceptors (Lipinski definition) is 5. The lowest BCUT2D eigenvalue weighted by Gasteiger charge is -2.26. The normalized spacial score (nSPS) is 20.3. The molecule has 0 radical (unpaired) electrons. The van der Waals surface area contributed by atoms with Crippen LogP contribution in [0.15, 0.2) is 53.7 Å². The van der Waals surface area contributed by atoms with Crippen LogP contribution in [0, 0.1) is 17.5 Å². The Balaban J connectivity index is 1.54. The van der Waals surface area contributed by atoms with E-state index in [1.165, 1.54) is 6.92 Å². The Bertz CT molecular complexity index is 1500. The monoisotopic (exact) mass is 576 g/mol. The van der Waals surface area contributed by atoms with Gasteiger partial charge < -0.3 is 5.32 Å². The molecule has 3 atom stereocenters. The molecule has 39 heavy (non-hydrogen) atoms. The van der Waals surface area contributed by atoms with E-state index in [2.05, 4.69) is 15.3 Å². The number of aromatic nitrogens is 2. The van der Waals surface area contributed by atoms with Gasteiger partial charge in [0.05, 0.1) is 29.4 Å². The Morgan fingerprint density at radius 1 is 1.05 bits per heavy atom. The zero-order valence-corrected chi connectivity index (χ0v) is 20.7. The van der Waals surface area contributed by atoms with Gasteiger partial charge in [-0.3, -0.25) is 9.78 Å². The lowest BCUT2D eigenvalue weighted by molar-refractivity contribution is -0.143. The number of sulfonamides is 1. The molecule has 0 bridgehead atoms. The highest BCUT2D eigenvalue weighted by Crippen LogP contribution is 2.34. The summed E-state index contributed by atoms with van der Waals surface area (Å²) < 4.78 is 121. The molecule has 0 aliphatic carbocycles. The fourth-order valence-electron chi connectivity index (χ4n) is 4.18. The highest BCUT2D eigenvalue weighted by Gasteiger charge is 2.49. The lowest BCUT2D eigenvalue weighted by Crippen LogP contribution is -2.48. The molecule has 1 saturated heterocycles. The number of hydrogen-bond donors (Lipinski definition) is 1. The molecule has 1 fully saturated rings. The first-order valence-corrected chi connectivity index (χ1v) is 12.7. The molecule has 208 valence electrons. The molecule has 1 aromatic carbocycles. The number of carbonyl (C=O) groups excluding carboxylic acids is 1. The van der Waals surface area contributed by atoms with Gasteiger partial charge in [0.15, 0.2) is 11.5 Å². The van der Waals surface area contributed by atoms with E-state index in [9.17, 15) is 43.9 Å². The van der Waals surface area contributed by atoms with Crippen molar-refractivity contribution in [2.45, 2.75) is 49.2 Å². The second-order valence-electron chi connectivity index (χ2n) is 8.72. The van der Waals surface area contributed by atoms with Crippen LogP contribution in [0.25, 0.3) is 11.1 Å². The minimum Gasteiger partial charge on any atom is -0.349 e. The molecular formula is C24H19F7N4O3S. The van der Waals surface area contributed by atoms with E-state index < -0.39 is 76.5 Å². The van der Waals surface area contributed by atoms with Gasteiger partial charge in [-0.25, -0.2) is 31.0 Å². The number of amides is 1. The summed E-state index contributed by atoms with van der Waals surface area (Å²) in [6.45, 7) is 0.874. The topological polar surface area (TPSA) is 92.3 Å². The number of carbonyl (C=O) groups is 1. The van der Waals surface area contributed by atoms with Crippen molar-refractivity contribution < 1.29 is 43.9 Å². The van der Waals surface area contributed by atoms with Crippen molar-refractivity contribution in [2.24, 2.45) is 0 Å². The summed E-state index contributed by atoms with van der Waals surface area (Å²) in [5.41, 5.74) is -2.47. The van der Waals surface area contributed by atoms with Crippen LogP contribution in [0.5, 0.6) is 0 Å². The maximum atomic E-state index is 14.6. The average Bonchev–Trinajstić information content (AvgIpc) is 3.17. The molecule has 15 heteroatoms. The zero-order valence-electron chi connectivity index (χ0n) is 19.9. The number of benzene rings is 1. The van der Waals surface area contributed by atoms with Gasteiger partial charge in [-0.1, -0.05) is 0 Å². The Morgan fingerprint density at radius 3 is 2.33 bits per heavy atom. The van der Waals surface area contributed by atoms with Crippen molar-refractivity contribution in [3.05, 3.63) is 77.6 Å². The number of halogens is 7. The third kappa shape index (κ3) is 5.73. The van der Waals surface area contributed by atoms with Crippen LogP contribution in [-0.2, 0) is 27.5 Å². The molecular weight excluding hydrogens is 557 g/mol. The van der Waals surface area contributed by atoms with Gasteiger partial charge in [0.2, 0.25) is 15.9 Å². The molecule has 1 amide bonds. The Hall–Kier alpha value is -3.59. The van der Waals surface area contributed by atoms with Crippen LogP contribution in [0.2, 0.25) is 0 Å². The summed E-state index contributed by atoms with van der Waals surface area (Å²) in [7, 11) is -4.40. The van der Waals surface area contributed by atoms with Crippen molar-refractivity contribution in [3.8, 4) is 11.1 Å². The second-order valence-corrected chi connectivity index (χ2v) is 10.6. The van der Waals surface area contributed by atoms with Crippen molar-refractivity contribution in [3.63, 3.8) is 0 Å². The molecule has 0 unspecified atom stereocenters. The predicted octanol–water partition coefficient (Wildman–Crippen LogP) is 4.39. The fraction of sp³-hybridized carbons (Fsp3) is 0.292. The second kappa shape index (κ2) is 10.5. The smallest absolute Gasteiger partial charge is 0.349 e. The largest absolute Gasteiger partial charge is 0.436 e. The van der Waals surface area contributed by atoms with Gasteiger partial charge in [-0.2, -0.15) is 17.5 Å². The minimum absolute atomic E-state index is 0.0177. The highest BCUT2D eigenvalue weighted by atomic mass is 32.2. The summed E-state index contributed by atoms with van der Waals surface area (Å²) in [6.07, 6.45) is -5.87. The van der Waals surface area contributed by atoms with E-state index in [0.29, 0.717) is 22.8 Å². The Morgan fingerprint density at radius 2 is 1.72 bits per heavy atom. The summed E-state index contributed by atoms with van der Waals surface area (Å²) in [5, 5.41) is 2.39. The number of pyridine rings is 2. The molecule has 7 nitrogen and oxygen atoms in total. The molecule has 4 rings (SSSR count). The molecule has 1 aliphatic heterocycles. The highest BCUT2D eigenvalue weighted by molar-refractivity contribution is 7.89. The van der Waals surface area contributed by atoms with Crippen LogP contribution in [0.3, 0.4) is 0 Å². The van der Waals surface area contributed by atoms with Gasteiger partial charge >= 0.3 is 6.18 Å². The maximum absolute atomic E-state index is 14.6. The summed E-state index contributed by atoms with van der Waals surface area (Å²) >= 11 is 0. The van der Waals surface area contributed by atoms with Crippen molar-refractivity contribution in [1.82, 2.24) is 19.6 Å². The number of nitrogens with one attached hydrogen (secondary N) is 1. The molecule has 3 aromatic rings. The van der Waals surface area contributed by atoms with Crippen LogP contribution in [0.1, 0.15) is 24.7 Å². The summed E-state index contributed by atoms with van der Waals surface area (Å²) in [4.78, 5) is 19.4. The van der Waals surface area contributed by atoms with E-state index in [1.807, 2.05) is 0 Å². The SMILES string of the molecule is C[C@H]1[C@H](F)C[C@@H](C(=O)NCc2cc(-c3cnc(C(F)(F)F)c(F)c3)c(F)cn2)N1S(=O)(=O)c1ccc(F)cc1. The number of rotatable bonds is 6. The summed E-state index contributed by atoms with van der Waals surface area (Å²) in [5.74, 6) is -4.32. The summed E-state index contributed by atoms with van der Waals surface area (Å²) in [6, 6.07) is 2.60. The number of nitrogens with zero attached hydrogens (tertiary/aromatic N) is 3. The standard InChI is InChI=1S/C24H19F7N4O3S/c1-12-18(26)8-21(35(12)39(37,38)16-4-2-14(25)3-5-16)23(36)34-10-15-7-17(20(28)11-32-15)13-6-19(27)22(33-9-13)24(29,30)31/h2-7,9,11-12,18,21H,8,10H2,1H3,(H,34,36)/t12-,18+,21-/m0/s1. The molecule has 0 saturated carbocycles. The zero-order chi connectivity index (χ0) is 28.7. The van der Waals surface area contributed by atoms with Crippen LogP contribution < -0.4 is 5.32 Å². The minimum atomic E-state index is -5.05. The maximum Gasteiger partial charge on any atom is 0.436 e. The molecule has 0 spiro atoms. The predicted molar refractivity (Wildman–Crippen MR) is 122 cm³/mol. The van der Waals surface area contributed by atoms with Gasteiger partial charge in [-0.05, 0) is 43.3 Å². The first-order valence-electron chi connectivity index (χ1n) is 11.3. The Labute approximate surface area is 217 Å². The van der Waals surface area contributed by atoms with Crippen LogP contribution in [0.4, 0.5) is 30.7 Å². The van der Waals surface area contributed by atoms with Crippen LogP contribution in [-0.4, -0.2) is 46.9 Å². The molecule has 1 N–H and O–H groups in total. The molecule has 1 aliphatic rings. The Kier molecular flexibility index (Phi) is 7.67. The van der Waals surface area contributed by atoms with E-state index in [0.717, 1.165) is 30.3 Å². The fourth-order valence-corrected chi connectivity index (χ4v) is 5.99. The van der Waals surface area contributed by atoms with Crippen molar-refractivity contribution in [1.29, 1.82) is 0 Å². The lowest BCUT2D eigenvalue weighted by atomic mass is 10.1. The van der Waals surface area contributed by atoms with E-state index in [-0.39, 0.29) is 21.7 Å². The van der Waals surface area contributed by atoms with Crippen molar-refractivity contribution >= 4 is 15.9 Å².